The lowest BCUT2D eigenvalue weighted by molar-refractivity contribution is 0.0530. The minimum Gasteiger partial charge on any atom is -0.444 e. The molecule has 2 aromatic carbocycles. The van der Waals surface area contributed by atoms with Gasteiger partial charge in [0.25, 0.3) is 0 Å². The van der Waals surface area contributed by atoms with Crippen LogP contribution >= 0.6 is 11.6 Å². The molecule has 1 aliphatic rings. The summed E-state index contributed by atoms with van der Waals surface area (Å²) in [7, 11) is -3.64. The fraction of sp³-hybridized carbons (Fsp3) is 0.483. The van der Waals surface area contributed by atoms with Crippen LogP contribution < -0.4 is 20.7 Å². The molecular weight excluding hydrogens is 564 g/mol. The summed E-state index contributed by atoms with van der Waals surface area (Å²) in [5, 5.41) is 10.6. The molecule has 0 unspecified atom stereocenters. The lowest BCUT2D eigenvalue weighted by atomic mass is 9.82. The number of nitrogens with one attached hydrogen (secondary N) is 4. The van der Waals surface area contributed by atoms with E-state index in [0.29, 0.717) is 37.3 Å². The van der Waals surface area contributed by atoms with Crippen molar-refractivity contribution in [2.24, 2.45) is 11.8 Å². The Morgan fingerprint density at radius 2 is 1.59 bits per heavy atom. The fourth-order valence-corrected chi connectivity index (χ4v) is 6.43. The highest BCUT2D eigenvalue weighted by atomic mass is 35.5. The highest BCUT2D eigenvalue weighted by Crippen LogP contribution is 2.30. The van der Waals surface area contributed by atoms with Crippen molar-refractivity contribution in [3.63, 3.8) is 0 Å². The molecule has 10 nitrogen and oxygen atoms in total. The van der Waals surface area contributed by atoms with Crippen LogP contribution in [0.1, 0.15) is 46.5 Å². The van der Waals surface area contributed by atoms with Gasteiger partial charge in [0.05, 0.1) is 10.5 Å². The number of sulfonamides is 1. The van der Waals surface area contributed by atoms with Crippen LogP contribution in [0.5, 0.6) is 0 Å². The molecule has 1 amide bonds. The van der Waals surface area contributed by atoms with Gasteiger partial charge in [-0.25, -0.2) is 22.9 Å². The molecule has 12 heteroatoms. The zero-order chi connectivity index (χ0) is 29.5. The molecule has 4 N–H and O–H groups in total. The number of rotatable bonds is 11. The van der Waals surface area contributed by atoms with E-state index in [0.717, 1.165) is 43.1 Å². The second-order valence-corrected chi connectivity index (χ2v) is 13.5. The number of ether oxygens (including phenoxy) is 1. The molecule has 1 aliphatic carbocycles. The van der Waals surface area contributed by atoms with E-state index in [1.165, 1.54) is 6.07 Å². The molecule has 0 saturated heterocycles. The standard InChI is InChI=1S/C29H39ClN6O4S/c1-29(2,3)40-28(37)32-17-16-31-26-22-8-4-6-10-24(22)35-27(36-26)33-18-20-12-14-21(15-13-20)19-34-41(38,39)25-11-7-5-9-23(25)30/h4-11,20-21,34H,12-19H2,1-3H3,(H,32,37)(H2,31,33,35,36). The number of nitrogens with zero attached hydrogens (tertiary/aromatic N) is 2. The summed E-state index contributed by atoms with van der Waals surface area (Å²) in [6.07, 6.45) is 3.39. The number of fused-ring (bicyclic) bond motifs is 1. The molecule has 41 heavy (non-hydrogen) atoms. The number of anilines is 2. The Kier molecular flexibility index (Phi) is 10.3. The van der Waals surface area contributed by atoms with Crippen LogP contribution in [0.2, 0.25) is 5.02 Å². The number of halogens is 1. The molecule has 0 bridgehead atoms. The van der Waals surface area contributed by atoms with Crippen LogP contribution in [0.4, 0.5) is 16.6 Å². The summed E-state index contributed by atoms with van der Waals surface area (Å²) in [5.74, 6) is 1.96. The quantitative estimate of drug-likeness (QED) is 0.214. The third-order valence-electron chi connectivity index (χ3n) is 6.89. The minimum atomic E-state index is -3.64. The second kappa shape index (κ2) is 13.7. The molecule has 3 aromatic rings. The Morgan fingerprint density at radius 3 is 2.29 bits per heavy atom. The molecule has 1 fully saturated rings. The fourth-order valence-electron chi connectivity index (χ4n) is 4.79. The highest BCUT2D eigenvalue weighted by molar-refractivity contribution is 7.89. The number of hydrogen-bond donors (Lipinski definition) is 4. The van der Waals surface area contributed by atoms with Gasteiger partial charge in [0.2, 0.25) is 16.0 Å². The van der Waals surface area contributed by atoms with Crippen molar-refractivity contribution >= 4 is 50.4 Å². The number of carbonyl (C=O) groups is 1. The predicted octanol–water partition coefficient (Wildman–Crippen LogP) is 5.42. The maximum Gasteiger partial charge on any atom is 0.407 e. The summed E-state index contributed by atoms with van der Waals surface area (Å²) in [6.45, 7) is 7.47. The average Bonchev–Trinajstić information content (AvgIpc) is 2.93. The number of para-hydroxylation sites is 1. The number of hydrogen-bond acceptors (Lipinski definition) is 8. The summed E-state index contributed by atoms with van der Waals surface area (Å²) >= 11 is 6.08. The summed E-state index contributed by atoms with van der Waals surface area (Å²) in [5.41, 5.74) is 0.275. The van der Waals surface area contributed by atoms with E-state index < -0.39 is 21.7 Å². The first-order chi connectivity index (χ1) is 19.5. The lowest BCUT2D eigenvalue weighted by Crippen LogP contribution is -2.35. The van der Waals surface area contributed by atoms with Crippen molar-refractivity contribution in [3.05, 3.63) is 53.6 Å². The van der Waals surface area contributed by atoms with Gasteiger partial charge in [-0.2, -0.15) is 4.98 Å². The average molecular weight is 603 g/mol. The number of amides is 1. The number of carbonyl (C=O) groups excluding carboxylic acids is 1. The van der Waals surface area contributed by atoms with E-state index >= 15 is 0 Å². The van der Waals surface area contributed by atoms with Crippen molar-refractivity contribution in [1.29, 1.82) is 0 Å². The second-order valence-electron chi connectivity index (χ2n) is 11.3. The molecule has 1 heterocycles. The topological polar surface area (TPSA) is 134 Å². The van der Waals surface area contributed by atoms with Crippen molar-refractivity contribution < 1.29 is 17.9 Å². The zero-order valence-electron chi connectivity index (χ0n) is 23.7. The Morgan fingerprint density at radius 1 is 0.927 bits per heavy atom. The Labute approximate surface area is 247 Å². The maximum atomic E-state index is 12.7. The molecule has 1 aromatic heterocycles. The van der Waals surface area contributed by atoms with E-state index in [-0.39, 0.29) is 15.8 Å². The van der Waals surface area contributed by atoms with Gasteiger partial charge < -0.3 is 20.7 Å². The van der Waals surface area contributed by atoms with Crippen LogP contribution in [0, 0.1) is 11.8 Å². The van der Waals surface area contributed by atoms with Crippen LogP contribution in [0.3, 0.4) is 0 Å². The van der Waals surface area contributed by atoms with Gasteiger partial charge in [-0.3, -0.25) is 0 Å². The Bertz CT molecular complexity index is 1440. The van der Waals surface area contributed by atoms with Gasteiger partial charge in [0, 0.05) is 31.6 Å². The molecule has 4 rings (SSSR count). The van der Waals surface area contributed by atoms with E-state index in [1.54, 1.807) is 18.2 Å². The molecule has 1 saturated carbocycles. The van der Waals surface area contributed by atoms with Crippen LogP contribution in [0.15, 0.2) is 53.4 Å². The Balaban J connectivity index is 1.26. The molecule has 0 radical (unpaired) electrons. The largest absolute Gasteiger partial charge is 0.444 e. The van der Waals surface area contributed by atoms with Gasteiger partial charge in [0.1, 0.15) is 16.3 Å². The maximum absolute atomic E-state index is 12.7. The van der Waals surface area contributed by atoms with Gasteiger partial charge >= 0.3 is 6.09 Å². The van der Waals surface area contributed by atoms with Gasteiger partial charge in [-0.1, -0.05) is 35.9 Å². The predicted molar refractivity (Wildman–Crippen MR) is 163 cm³/mol. The summed E-state index contributed by atoms with van der Waals surface area (Å²) in [6, 6.07) is 14.3. The first kappa shape index (κ1) is 30.8. The molecular formula is C29H39ClN6O4S. The van der Waals surface area contributed by atoms with Gasteiger partial charge in [-0.15, -0.1) is 0 Å². The van der Waals surface area contributed by atoms with Crippen LogP contribution in [-0.4, -0.2) is 56.3 Å². The van der Waals surface area contributed by atoms with Crippen LogP contribution in [-0.2, 0) is 14.8 Å². The van der Waals surface area contributed by atoms with Crippen molar-refractivity contribution in [2.45, 2.75) is 57.0 Å². The van der Waals surface area contributed by atoms with Crippen molar-refractivity contribution in [3.8, 4) is 0 Å². The van der Waals surface area contributed by atoms with Gasteiger partial charge in [0.15, 0.2) is 0 Å². The van der Waals surface area contributed by atoms with E-state index in [1.807, 2.05) is 45.0 Å². The first-order valence-corrected chi connectivity index (χ1v) is 15.8. The molecule has 0 atom stereocenters. The first-order valence-electron chi connectivity index (χ1n) is 14.0. The molecule has 0 spiro atoms. The van der Waals surface area contributed by atoms with Crippen molar-refractivity contribution in [1.82, 2.24) is 20.0 Å². The number of benzene rings is 2. The van der Waals surface area contributed by atoms with E-state index in [4.69, 9.17) is 21.3 Å². The summed E-state index contributed by atoms with van der Waals surface area (Å²) < 4.78 is 33.3. The highest BCUT2D eigenvalue weighted by Gasteiger charge is 2.24. The monoisotopic (exact) mass is 602 g/mol. The van der Waals surface area contributed by atoms with Gasteiger partial charge in [-0.05, 0) is 82.6 Å². The SMILES string of the molecule is CC(C)(C)OC(=O)NCCNc1nc(NCC2CCC(CNS(=O)(=O)c3ccccc3Cl)CC2)nc2ccccc12. The number of aromatic nitrogens is 2. The van der Waals surface area contributed by atoms with Crippen molar-refractivity contribution in [2.75, 3.05) is 36.8 Å². The normalized spacial score (nSPS) is 17.7. The Hall–Kier alpha value is -3.15. The third kappa shape index (κ3) is 9.17. The molecule has 0 aliphatic heterocycles. The minimum absolute atomic E-state index is 0.114. The molecule has 222 valence electrons. The summed E-state index contributed by atoms with van der Waals surface area (Å²) in [4.78, 5) is 21.4. The smallest absolute Gasteiger partial charge is 0.407 e. The van der Waals surface area contributed by atoms with Crippen LogP contribution in [0.25, 0.3) is 10.9 Å². The van der Waals surface area contributed by atoms with E-state index in [9.17, 15) is 13.2 Å². The third-order valence-corrected chi connectivity index (χ3v) is 8.82. The number of alkyl carbamates (subject to hydrolysis) is 1. The lowest BCUT2D eigenvalue weighted by Gasteiger charge is -2.28. The van der Waals surface area contributed by atoms with E-state index in [2.05, 4.69) is 25.7 Å². The zero-order valence-corrected chi connectivity index (χ0v) is 25.3.